The smallest absolute Gasteiger partial charge is 0.243 e. The molecule has 2 N–H and O–H groups in total. The third-order valence-electron chi connectivity index (χ3n) is 4.20. The first-order valence-electron chi connectivity index (χ1n) is 6.74. The van der Waals surface area contributed by atoms with Crippen molar-refractivity contribution in [3.05, 3.63) is 0 Å². The van der Waals surface area contributed by atoms with Crippen LogP contribution in [0.5, 0.6) is 0 Å². The summed E-state index contributed by atoms with van der Waals surface area (Å²) in [5.41, 5.74) is 5.55. The lowest BCUT2D eigenvalue weighted by Gasteiger charge is -2.41. The van der Waals surface area contributed by atoms with Gasteiger partial charge in [0.15, 0.2) is 0 Å². The minimum Gasteiger partial charge on any atom is -0.342 e. The van der Waals surface area contributed by atoms with Crippen LogP contribution in [0.1, 0.15) is 32.6 Å². The topological polar surface area (TPSA) is 66.6 Å². The van der Waals surface area contributed by atoms with Gasteiger partial charge in [-0.3, -0.25) is 9.59 Å². The average Bonchev–Trinajstić information content (AvgIpc) is 2.31. The summed E-state index contributed by atoms with van der Waals surface area (Å²) in [5, 5.41) is 0. The SMILES string of the molecule is CC1CCCC(N)(C(=O)N2CCN(C)C(=O)C2)C1. The van der Waals surface area contributed by atoms with Crippen LogP contribution in [0, 0.1) is 5.92 Å². The minimum atomic E-state index is -0.742. The quantitative estimate of drug-likeness (QED) is 0.725. The second-order valence-electron chi connectivity index (χ2n) is 5.90. The summed E-state index contributed by atoms with van der Waals surface area (Å²) in [6.45, 7) is 3.54. The summed E-state index contributed by atoms with van der Waals surface area (Å²) >= 11 is 0. The highest BCUT2D eigenvalue weighted by molar-refractivity contribution is 5.91. The van der Waals surface area contributed by atoms with Gasteiger partial charge in [-0.1, -0.05) is 19.8 Å². The maximum atomic E-state index is 12.5. The molecule has 0 aromatic heterocycles. The van der Waals surface area contributed by atoms with Gasteiger partial charge in [0.1, 0.15) is 0 Å². The molecular weight excluding hydrogens is 230 g/mol. The van der Waals surface area contributed by atoms with Crippen LogP contribution in [0.4, 0.5) is 0 Å². The van der Waals surface area contributed by atoms with Crippen molar-refractivity contribution in [2.24, 2.45) is 11.7 Å². The van der Waals surface area contributed by atoms with E-state index in [1.807, 2.05) is 0 Å². The maximum Gasteiger partial charge on any atom is 0.243 e. The van der Waals surface area contributed by atoms with Crippen LogP contribution in [0.15, 0.2) is 0 Å². The van der Waals surface area contributed by atoms with Gasteiger partial charge in [-0.15, -0.1) is 0 Å². The molecule has 0 aromatic rings. The highest BCUT2D eigenvalue weighted by Gasteiger charge is 2.41. The van der Waals surface area contributed by atoms with Gasteiger partial charge in [0.25, 0.3) is 0 Å². The molecule has 0 radical (unpaired) electrons. The molecule has 1 aliphatic heterocycles. The first kappa shape index (κ1) is 13.3. The molecule has 5 nitrogen and oxygen atoms in total. The molecule has 102 valence electrons. The van der Waals surface area contributed by atoms with Gasteiger partial charge < -0.3 is 15.5 Å². The van der Waals surface area contributed by atoms with E-state index in [9.17, 15) is 9.59 Å². The van der Waals surface area contributed by atoms with E-state index in [0.29, 0.717) is 19.0 Å². The van der Waals surface area contributed by atoms with Crippen molar-refractivity contribution >= 4 is 11.8 Å². The normalized spacial score (nSPS) is 33.7. The predicted octanol–water partition coefficient (Wildman–Crippen LogP) is 0.195. The van der Waals surface area contributed by atoms with E-state index in [2.05, 4.69) is 6.92 Å². The Labute approximate surface area is 108 Å². The summed E-state index contributed by atoms with van der Waals surface area (Å²) < 4.78 is 0. The first-order chi connectivity index (χ1) is 8.42. The molecule has 2 unspecified atom stereocenters. The second kappa shape index (κ2) is 4.88. The van der Waals surface area contributed by atoms with Crippen LogP contribution in [-0.4, -0.2) is 53.8 Å². The molecule has 1 heterocycles. The molecule has 18 heavy (non-hydrogen) atoms. The zero-order valence-corrected chi connectivity index (χ0v) is 11.3. The summed E-state index contributed by atoms with van der Waals surface area (Å²) in [5.74, 6) is 0.466. The van der Waals surface area contributed by atoms with E-state index < -0.39 is 5.54 Å². The van der Waals surface area contributed by atoms with E-state index in [4.69, 9.17) is 5.73 Å². The standard InChI is InChI=1S/C13H23N3O2/c1-10-4-3-5-13(14,8-10)12(18)16-7-6-15(2)11(17)9-16/h10H,3-9,14H2,1-2H3. The Bertz CT molecular complexity index is 358. The monoisotopic (exact) mass is 253 g/mol. The van der Waals surface area contributed by atoms with Gasteiger partial charge >= 0.3 is 0 Å². The Morgan fingerprint density at radius 3 is 2.78 bits per heavy atom. The molecule has 2 atom stereocenters. The van der Waals surface area contributed by atoms with Crippen LogP contribution in [-0.2, 0) is 9.59 Å². The largest absolute Gasteiger partial charge is 0.342 e. The fraction of sp³-hybridized carbons (Fsp3) is 0.846. The van der Waals surface area contributed by atoms with Gasteiger partial charge in [-0.05, 0) is 18.8 Å². The Morgan fingerprint density at radius 2 is 2.17 bits per heavy atom. The molecular formula is C13H23N3O2. The molecule has 2 aliphatic rings. The fourth-order valence-corrected chi connectivity index (χ4v) is 3.03. The molecule has 0 aromatic carbocycles. The Balaban J connectivity index is 2.04. The fourth-order valence-electron chi connectivity index (χ4n) is 3.03. The van der Waals surface area contributed by atoms with Crippen molar-refractivity contribution in [3.8, 4) is 0 Å². The molecule has 1 saturated carbocycles. The van der Waals surface area contributed by atoms with Crippen LogP contribution < -0.4 is 5.73 Å². The zero-order valence-electron chi connectivity index (χ0n) is 11.3. The highest BCUT2D eigenvalue weighted by atomic mass is 16.2. The predicted molar refractivity (Wildman–Crippen MR) is 68.8 cm³/mol. The number of carbonyl (C=O) groups is 2. The number of hydrogen-bond acceptors (Lipinski definition) is 3. The van der Waals surface area contributed by atoms with E-state index >= 15 is 0 Å². The number of likely N-dealkylation sites (N-methyl/N-ethyl adjacent to an activating group) is 1. The van der Waals surface area contributed by atoms with Crippen molar-refractivity contribution in [2.75, 3.05) is 26.7 Å². The van der Waals surface area contributed by atoms with Gasteiger partial charge in [-0.25, -0.2) is 0 Å². The molecule has 1 aliphatic carbocycles. The van der Waals surface area contributed by atoms with E-state index in [0.717, 1.165) is 25.7 Å². The summed E-state index contributed by atoms with van der Waals surface area (Å²) in [6.07, 6.45) is 3.64. The lowest BCUT2D eigenvalue weighted by atomic mass is 9.76. The number of carbonyl (C=O) groups excluding carboxylic acids is 2. The average molecular weight is 253 g/mol. The van der Waals surface area contributed by atoms with Crippen molar-refractivity contribution in [1.82, 2.24) is 9.80 Å². The molecule has 2 rings (SSSR count). The number of piperazine rings is 1. The van der Waals surface area contributed by atoms with E-state index in [-0.39, 0.29) is 18.4 Å². The molecule has 0 bridgehead atoms. The van der Waals surface area contributed by atoms with Gasteiger partial charge in [-0.2, -0.15) is 0 Å². The molecule has 1 saturated heterocycles. The third-order valence-corrected chi connectivity index (χ3v) is 4.20. The number of hydrogen-bond donors (Lipinski definition) is 1. The van der Waals surface area contributed by atoms with Crippen LogP contribution >= 0.6 is 0 Å². The van der Waals surface area contributed by atoms with Crippen LogP contribution in [0.25, 0.3) is 0 Å². The first-order valence-corrected chi connectivity index (χ1v) is 6.74. The van der Waals surface area contributed by atoms with E-state index in [1.54, 1.807) is 16.8 Å². The van der Waals surface area contributed by atoms with Gasteiger partial charge in [0.05, 0.1) is 12.1 Å². The lowest BCUT2D eigenvalue weighted by Crippen LogP contribution is -2.61. The molecule has 2 amide bonds. The molecule has 2 fully saturated rings. The third kappa shape index (κ3) is 2.51. The summed E-state index contributed by atoms with van der Waals surface area (Å²) in [6, 6.07) is 0. The Kier molecular flexibility index (Phi) is 3.61. The summed E-state index contributed by atoms with van der Waals surface area (Å²) in [7, 11) is 1.77. The highest BCUT2D eigenvalue weighted by Crippen LogP contribution is 2.32. The second-order valence-corrected chi connectivity index (χ2v) is 5.90. The van der Waals surface area contributed by atoms with Crippen LogP contribution in [0.2, 0.25) is 0 Å². The van der Waals surface area contributed by atoms with Gasteiger partial charge in [0.2, 0.25) is 11.8 Å². The summed E-state index contributed by atoms with van der Waals surface area (Å²) in [4.78, 5) is 27.5. The minimum absolute atomic E-state index is 0.00191. The Hall–Kier alpha value is -1.10. The van der Waals surface area contributed by atoms with Gasteiger partial charge in [0, 0.05) is 20.1 Å². The number of nitrogens with zero attached hydrogens (tertiary/aromatic N) is 2. The van der Waals surface area contributed by atoms with Crippen LogP contribution in [0.3, 0.4) is 0 Å². The number of nitrogens with two attached hydrogens (primary N) is 1. The lowest BCUT2D eigenvalue weighted by molar-refractivity contribution is -0.148. The van der Waals surface area contributed by atoms with Crippen molar-refractivity contribution in [3.63, 3.8) is 0 Å². The zero-order chi connectivity index (χ0) is 13.3. The molecule has 5 heteroatoms. The van der Waals surface area contributed by atoms with Crippen molar-refractivity contribution in [2.45, 2.75) is 38.1 Å². The van der Waals surface area contributed by atoms with E-state index in [1.165, 1.54) is 0 Å². The van der Waals surface area contributed by atoms with Crippen molar-refractivity contribution < 1.29 is 9.59 Å². The number of rotatable bonds is 1. The van der Waals surface area contributed by atoms with Crippen molar-refractivity contribution in [1.29, 1.82) is 0 Å². The molecule has 0 spiro atoms. The number of amides is 2. The Morgan fingerprint density at radius 1 is 1.44 bits per heavy atom. The maximum absolute atomic E-state index is 12.5.